The summed E-state index contributed by atoms with van der Waals surface area (Å²) < 4.78 is 27.1. The summed E-state index contributed by atoms with van der Waals surface area (Å²) in [5, 5.41) is 0.150. The van der Waals surface area contributed by atoms with Gasteiger partial charge in [0.05, 0.1) is 12.5 Å². The molecule has 2 N–H and O–H groups in total. The number of piperidine rings is 1. The van der Waals surface area contributed by atoms with Gasteiger partial charge in [-0.2, -0.15) is 0 Å². The number of fused-ring (bicyclic) bond motifs is 1. The highest BCUT2D eigenvalue weighted by Crippen LogP contribution is 2.27. The zero-order valence-electron chi connectivity index (χ0n) is 10.2. The van der Waals surface area contributed by atoms with Gasteiger partial charge in [0.2, 0.25) is 0 Å². The number of hydrogen-bond donors (Lipinski definition) is 2. The average molecular weight is 270 g/mol. The van der Waals surface area contributed by atoms with E-state index in [1.165, 1.54) is 25.4 Å². The number of aromatic nitrogens is 2. The Hall–Kier alpha value is -0.920. The third-order valence-corrected chi connectivity index (χ3v) is 5.34. The highest BCUT2D eigenvalue weighted by Gasteiger charge is 2.37. The van der Waals surface area contributed by atoms with Gasteiger partial charge in [0, 0.05) is 18.6 Å². The molecule has 2 atom stereocenters. The number of nitrogens with one attached hydrogen (secondary N) is 2. The van der Waals surface area contributed by atoms with Gasteiger partial charge in [-0.25, -0.2) is 18.1 Å². The van der Waals surface area contributed by atoms with Crippen LogP contribution < -0.4 is 4.72 Å². The molecule has 18 heavy (non-hydrogen) atoms. The van der Waals surface area contributed by atoms with Crippen molar-refractivity contribution in [2.24, 2.45) is 0 Å². The molecule has 0 aromatic carbocycles. The molecule has 0 amide bonds. The summed E-state index contributed by atoms with van der Waals surface area (Å²) in [6.07, 6.45) is 7.15. The molecular weight excluding hydrogens is 252 g/mol. The first-order valence-electron chi connectivity index (χ1n) is 6.41. The largest absolute Gasteiger partial charge is 0.335 e. The van der Waals surface area contributed by atoms with Crippen LogP contribution in [0.15, 0.2) is 17.6 Å². The van der Waals surface area contributed by atoms with Crippen molar-refractivity contribution >= 4 is 10.0 Å². The molecule has 0 radical (unpaired) electrons. The monoisotopic (exact) mass is 270 g/mol. The standard InChI is InChI=1S/C11H18N4O2S/c16-18(17,11-7-12-8-13-11)14-9-4-6-15-5-2-1-3-10(9)15/h7-10,14H,1-6H2,(H,12,13). The van der Waals surface area contributed by atoms with E-state index in [2.05, 4.69) is 19.6 Å². The first-order valence-corrected chi connectivity index (χ1v) is 7.90. The molecule has 3 heterocycles. The van der Waals surface area contributed by atoms with E-state index >= 15 is 0 Å². The molecule has 1 aromatic rings. The highest BCUT2D eigenvalue weighted by molar-refractivity contribution is 7.89. The van der Waals surface area contributed by atoms with Gasteiger partial charge in [-0.05, 0) is 25.8 Å². The van der Waals surface area contributed by atoms with Gasteiger partial charge in [-0.3, -0.25) is 4.90 Å². The van der Waals surface area contributed by atoms with Gasteiger partial charge in [0.15, 0.2) is 5.03 Å². The van der Waals surface area contributed by atoms with Crippen molar-refractivity contribution in [1.29, 1.82) is 0 Å². The van der Waals surface area contributed by atoms with E-state index in [0.717, 1.165) is 25.9 Å². The van der Waals surface area contributed by atoms with E-state index in [1.54, 1.807) is 0 Å². The fourth-order valence-electron chi connectivity index (χ4n) is 3.04. The van der Waals surface area contributed by atoms with Crippen LogP contribution in [-0.2, 0) is 10.0 Å². The Labute approximate surface area is 107 Å². The lowest BCUT2D eigenvalue weighted by Crippen LogP contribution is -2.46. The second-order valence-electron chi connectivity index (χ2n) is 5.03. The fraction of sp³-hybridized carbons (Fsp3) is 0.727. The van der Waals surface area contributed by atoms with Crippen LogP contribution in [0.3, 0.4) is 0 Å². The molecular formula is C11H18N4O2S. The van der Waals surface area contributed by atoms with Crippen LogP contribution in [0.4, 0.5) is 0 Å². The predicted octanol–water partition coefficient (Wildman–Crippen LogP) is 0.315. The van der Waals surface area contributed by atoms with Gasteiger partial charge < -0.3 is 4.98 Å². The average Bonchev–Trinajstić information content (AvgIpc) is 2.99. The van der Waals surface area contributed by atoms with Gasteiger partial charge in [-0.15, -0.1) is 0 Å². The van der Waals surface area contributed by atoms with Crippen molar-refractivity contribution in [3.05, 3.63) is 12.5 Å². The SMILES string of the molecule is O=S(=O)(NC1CCN2CCCCC12)c1cnc[nH]1. The molecule has 7 heteroatoms. The first kappa shape index (κ1) is 12.1. The Bertz CT molecular complexity index is 499. The lowest BCUT2D eigenvalue weighted by molar-refractivity contribution is 0.186. The summed E-state index contributed by atoms with van der Waals surface area (Å²) in [5.74, 6) is 0. The van der Waals surface area contributed by atoms with Crippen molar-refractivity contribution in [3.63, 3.8) is 0 Å². The van der Waals surface area contributed by atoms with Crippen LogP contribution in [-0.4, -0.2) is 48.5 Å². The van der Waals surface area contributed by atoms with Gasteiger partial charge >= 0.3 is 0 Å². The molecule has 2 aliphatic heterocycles. The maximum absolute atomic E-state index is 12.1. The number of sulfonamides is 1. The van der Waals surface area contributed by atoms with Crippen LogP contribution in [0, 0.1) is 0 Å². The molecule has 0 bridgehead atoms. The molecule has 1 aromatic heterocycles. The van der Waals surface area contributed by atoms with E-state index in [-0.39, 0.29) is 11.1 Å². The molecule has 2 saturated heterocycles. The Morgan fingerprint density at radius 2 is 2.22 bits per heavy atom. The van der Waals surface area contributed by atoms with E-state index in [0.29, 0.717) is 6.04 Å². The van der Waals surface area contributed by atoms with Crippen molar-refractivity contribution in [2.45, 2.75) is 42.8 Å². The lowest BCUT2D eigenvalue weighted by atomic mass is 10.00. The van der Waals surface area contributed by atoms with E-state index < -0.39 is 10.0 Å². The molecule has 0 spiro atoms. The van der Waals surface area contributed by atoms with Crippen LogP contribution in [0.1, 0.15) is 25.7 Å². The molecule has 2 unspecified atom stereocenters. The summed E-state index contributed by atoms with van der Waals surface area (Å²) in [6, 6.07) is 0.412. The van der Waals surface area contributed by atoms with Gasteiger partial charge in [0.25, 0.3) is 10.0 Å². The van der Waals surface area contributed by atoms with E-state index in [4.69, 9.17) is 0 Å². The number of imidazole rings is 1. The maximum atomic E-state index is 12.1. The number of rotatable bonds is 3. The quantitative estimate of drug-likeness (QED) is 0.829. The Kier molecular flexibility index (Phi) is 3.13. The third-order valence-electron chi connectivity index (χ3n) is 3.93. The normalized spacial score (nSPS) is 29.3. The van der Waals surface area contributed by atoms with Crippen molar-refractivity contribution in [2.75, 3.05) is 13.1 Å². The zero-order chi connectivity index (χ0) is 12.6. The van der Waals surface area contributed by atoms with Gasteiger partial charge in [0.1, 0.15) is 0 Å². The fourth-order valence-corrected chi connectivity index (χ4v) is 4.25. The molecule has 2 fully saturated rings. The minimum Gasteiger partial charge on any atom is -0.335 e. The summed E-state index contributed by atoms with van der Waals surface area (Å²) in [5.41, 5.74) is 0. The number of H-pyrrole nitrogens is 1. The summed E-state index contributed by atoms with van der Waals surface area (Å²) in [4.78, 5) is 8.81. The predicted molar refractivity (Wildman–Crippen MR) is 66.5 cm³/mol. The second kappa shape index (κ2) is 4.64. The Morgan fingerprint density at radius 1 is 1.33 bits per heavy atom. The molecule has 0 saturated carbocycles. The van der Waals surface area contributed by atoms with E-state index in [1.807, 2.05) is 0 Å². The maximum Gasteiger partial charge on any atom is 0.257 e. The molecule has 6 nitrogen and oxygen atoms in total. The Balaban J connectivity index is 1.73. The molecule has 0 aliphatic carbocycles. The van der Waals surface area contributed by atoms with E-state index in [9.17, 15) is 8.42 Å². The number of aromatic amines is 1. The molecule has 2 aliphatic rings. The van der Waals surface area contributed by atoms with Crippen LogP contribution in [0.5, 0.6) is 0 Å². The highest BCUT2D eigenvalue weighted by atomic mass is 32.2. The smallest absolute Gasteiger partial charge is 0.257 e. The van der Waals surface area contributed by atoms with Crippen molar-refractivity contribution in [3.8, 4) is 0 Å². The third kappa shape index (κ3) is 2.17. The zero-order valence-corrected chi connectivity index (χ0v) is 11.0. The topological polar surface area (TPSA) is 78.1 Å². The summed E-state index contributed by atoms with van der Waals surface area (Å²) in [7, 11) is -3.45. The minimum absolute atomic E-state index is 0.0404. The first-order chi connectivity index (χ1) is 8.67. The lowest BCUT2D eigenvalue weighted by Gasteiger charge is -2.32. The summed E-state index contributed by atoms with van der Waals surface area (Å²) >= 11 is 0. The van der Waals surface area contributed by atoms with Crippen molar-refractivity contribution in [1.82, 2.24) is 19.6 Å². The number of hydrogen-bond acceptors (Lipinski definition) is 4. The van der Waals surface area contributed by atoms with Crippen LogP contribution >= 0.6 is 0 Å². The second-order valence-corrected chi connectivity index (χ2v) is 6.71. The van der Waals surface area contributed by atoms with Crippen LogP contribution in [0.25, 0.3) is 0 Å². The number of nitrogens with zero attached hydrogens (tertiary/aromatic N) is 2. The minimum atomic E-state index is -3.45. The summed E-state index contributed by atoms with van der Waals surface area (Å²) in [6.45, 7) is 2.10. The van der Waals surface area contributed by atoms with Gasteiger partial charge in [-0.1, -0.05) is 6.42 Å². The Morgan fingerprint density at radius 3 is 3.00 bits per heavy atom. The molecule has 3 rings (SSSR count). The molecule has 100 valence electrons. The van der Waals surface area contributed by atoms with Crippen LogP contribution in [0.2, 0.25) is 0 Å². The van der Waals surface area contributed by atoms with Crippen molar-refractivity contribution < 1.29 is 8.42 Å².